The van der Waals surface area contributed by atoms with Gasteiger partial charge in [-0.2, -0.15) is 0 Å². The maximum Gasteiger partial charge on any atom is 0.335 e. The molecule has 0 spiro atoms. The summed E-state index contributed by atoms with van der Waals surface area (Å²) in [6, 6.07) is 3.31. The maximum atomic E-state index is 11.6. The van der Waals surface area contributed by atoms with Gasteiger partial charge in [-0.15, -0.1) is 0 Å². The molecular weight excluding hydrogens is 250 g/mol. The van der Waals surface area contributed by atoms with Crippen LogP contribution in [0.15, 0.2) is 18.2 Å². The molecule has 1 aromatic rings. The molecule has 1 unspecified atom stereocenters. The summed E-state index contributed by atoms with van der Waals surface area (Å²) in [5.41, 5.74) is 11.5. The van der Waals surface area contributed by atoms with Gasteiger partial charge in [-0.3, -0.25) is 9.59 Å². The number of hydrogen-bond acceptors (Lipinski definition) is 4. The molecular formula is C12H15N3O4. The number of aromatic carboxylic acids is 1. The molecule has 19 heavy (non-hydrogen) atoms. The van der Waals surface area contributed by atoms with Crippen LogP contribution in [-0.2, 0) is 9.59 Å². The fourth-order valence-corrected chi connectivity index (χ4v) is 1.53. The number of carbonyl (C=O) groups excluding carboxylic acids is 2. The van der Waals surface area contributed by atoms with Crippen molar-refractivity contribution in [2.24, 2.45) is 11.5 Å². The number of amides is 2. The van der Waals surface area contributed by atoms with Crippen molar-refractivity contribution in [2.45, 2.75) is 19.4 Å². The van der Waals surface area contributed by atoms with Gasteiger partial charge in [0.05, 0.1) is 18.0 Å². The summed E-state index contributed by atoms with van der Waals surface area (Å²) in [6.45, 7) is 1.61. The van der Waals surface area contributed by atoms with Gasteiger partial charge in [0.15, 0.2) is 0 Å². The molecule has 7 heteroatoms. The molecule has 0 bridgehead atoms. The number of anilines is 1. The molecule has 0 heterocycles. The molecule has 1 rings (SSSR count). The Hall–Kier alpha value is -2.41. The molecule has 0 saturated heterocycles. The second kappa shape index (κ2) is 5.96. The monoisotopic (exact) mass is 265 g/mol. The zero-order chi connectivity index (χ0) is 14.6. The van der Waals surface area contributed by atoms with Gasteiger partial charge in [0.2, 0.25) is 11.8 Å². The van der Waals surface area contributed by atoms with E-state index in [1.165, 1.54) is 18.2 Å². The van der Waals surface area contributed by atoms with Gasteiger partial charge in [0.1, 0.15) is 0 Å². The zero-order valence-electron chi connectivity index (χ0n) is 10.3. The van der Waals surface area contributed by atoms with Crippen molar-refractivity contribution in [3.63, 3.8) is 0 Å². The van der Waals surface area contributed by atoms with E-state index in [1.54, 1.807) is 6.92 Å². The average Bonchev–Trinajstić information content (AvgIpc) is 2.27. The number of carboxylic acids is 1. The van der Waals surface area contributed by atoms with Crippen molar-refractivity contribution < 1.29 is 19.5 Å². The maximum absolute atomic E-state index is 11.6. The van der Waals surface area contributed by atoms with Crippen LogP contribution in [0.3, 0.4) is 0 Å². The molecule has 0 aromatic heterocycles. The number of aryl methyl sites for hydroxylation is 1. The quantitative estimate of drug-likeness (QED) is 0.586. The van der Waals surface area contributed by atoms with Crippen LogP contribution in [0, 0.1) is 6.92 Å². The second-order valence-electron chi connectivity index (χ2n) is 4.10. The fourth-order valence-electron chi connectivity index (χ4n) is 1.53. The normalized spacial score (nSPS) is 11.7. The van der Waals surface area contributed by atoms with Crippen molar-refractivity contribution in [3.8, 4) is 0 Å². The topological polar surface area (TPSA) is 136 Å². The van der Waals surface area contributed by atoms with Crippen LogP contribution in [-0.4, -0.2) is 28.9 Å². The highest BCUT2D eigenvalue weighted by Gasteiger charge is 2.16. The van der Waals surface area contributed by atoms with E-state index in [0.717, 1.165) is 0 Å². The Bertz CT molecular complexity index is 528. The lowest BCUT2D eigenvalue weighted by atomic mass is 10.1. The Morgan fingerprint density at radius 3 is 2.47 bits per heavy atom. The van der Waals surface area contributed by atoms with Gasteiger partial charge in [0.25, 0.3) is 0 Å². The van der Waals surface area contributed by atoms with Gasteiger partial charge in [-0.05, 0) is 30.7 Å². The number of nitrogens with one attached hydrogen (secondary N) is 1. The summed E-state index contributed by atoms with van der Waals surface area (Å²) in [5, 5.41) is 11.4. The van der Waals surface area contributed by atoms with Crippen LogP contribution >= 0.6 is 0 Å². The third-order valence-corrected chi connectivity index (χ3v) is 2.48. The third kappa shape index (κ3) is 4.07. The Labute approximate surface area is 109 Å². The standard InChI is InChI=1S/C12H15N3O4/c1-6-4-7(2-3-8(6)12(18)19)15-11(17)9(13)5-10(14)16/h2-4,9H,5,13H2,1H3,(H2,14,16)(H,15,17)(H,18,19). The largest absolute Gasteiger partial charge is 0.478 e. The van der Waals surface area contributed by atoms with Crippen molar-refractivity contribution in [3.05, 3.63) is 29.3 Å². The Balaban J connectivity index is 2.78. The number of benzene rings is 1. The summed E-state index contributed by atoms with van der Waals surface area (Å²) < 4.78 is 0. The van der Waals surface area contributed by atoms with Crippen LogP contribution in [0.25, 0.3) is 0 Å². The zero-order valence-corrected chi connectivity index (χ0v) is 10.3. The lowest BCUT2D eigenvalue weighted by Gasteiger charge is -2.11. The minimum atomic E-state index is -1.04. The van der Waals surface area contributed by atoms with Crippen LogP contribution in [0.5, 0.6) is 0 Å². The number of rotatable bonds is 5. The average molecular weight is 265 g/mol. The van der Waals surface area contributed by atoms with Gasteiger partial charge in [-0.1, -0.05) is 0 Å². The smallest absolute Gasteiger partial charge is 0.335 e. The van der Waals surface area contributed by atoms with Gasteiger partial charge >= 0.3 is 5.97 Å². The van der Waals surface area contributed by atoms with Crippen molar-refractivity contribution in [1.29, 1.82) is 0 Å². The SMILES string of the molecule is Cc1cc(NC(=O)C(N)CC(N)=O)ccc1C(=O)O. The van der Waals surface area contributed by atoms with Crippen molar-refractivity contribution in [2.75, 3.05) is 5.32 Å². The minimum Gasteiger partial charge on any atom is -0.478 e. The summed E-state index contributed by atoms with van der Waals surface area (Å²) in [5.74, 6) is -2.26. The highest BCUT2D eigenvalue weighted by Crippen LogP contribution is 2.15. The lowest BCUT2D eigenvalue weighted by molar-refractivity contribution is -0.123. The summed E-state index contributed by atoms with van der Waals surface area (Å²) in [7, 11) is 0. The van der Waals surface area contributed by atoms with Crippen LogP contribution < -0.4 is 16.8 Å². The highest BCUT2D eigenvalue weighted by atomic mass is 16.4. The number of primary amides is 1. The summed E-state index contributed by atoms with van der Waals surface area (Å²) in [6.07, 6.45) is -0.252. The van der Waals surface area contributed by atoms with Crippen LogP contribution in [0.2, 0.25) is 0 Å². The van der Waals surface area contributed by atoms with E-state index in [4.69, 9.17) is 16.6 Å². The number of hydrogen-bond donors (Lipinski definition) is 4. The molecule has 0 saturated carbocycles. The molecule has 0 aliphatic rings. The first-order valence-corrected chi connectivity index (χ1v) is 5.50. The lowest BCUT2D eigenvalue weighted by Crippen LogP contribution is -2.39. The summed E-state index contributed by atoms with van der Waals surface area (Å²) >= 11 is 0. The highest BCUT2D eigenvalue weighted by molar-refractivity contribution is 5.98. The molecule has 0 aliphatic carbocycles. The van der Waals surface area contributed by atoms with E-state index in [1.807, 2.05) is 0 Å². The van der Waals surface area contributed by atoms with Gasteiger partial charge < -0.3 is 21.9 Å². The van der Waals surface area contributed by atoms with E-state index in [2.05, 4.69) is 5.32 Å². The number of nitrogens with two attached hydrogens (primary N) is 2. The minimum absolute atomic E-state index is 0.152. The van der Waals surface area contributed by atoms with Crippen LogP contribution in [0.4, 0.5) is 5.69 Å². The molecule has 6 N–H and O–H groups in total. The predicted molar refractivity (Wildman–Crippen MR) is 68.6 cm³/mol. The molecule has 0 radical (unpaired) electrons. The number of carbonyl (C=O) groups is 3. The second-order valence-corrected chi connectivity index (χ2v) is 4.10. The third-order valence-electron chi connectivity index (χ3n) is 2.48. The van der Waals surface area contributed by atoms with Gasteiger partial charge in [-0.25, -0.2) is 4.79 Å². The molecule has 7 nitrogen and oxygen atoms in total. The van der Waals surface area contributed by atoms with Gasteiger partial charge in [0, 0.05) is 5.69 Å². The van der Waals surface area contributed by atoms with Crippen molar-refractivity contribution >= 4 is 23.5 Å². The van der Waals surface area contributed by atoms with E-state index < -0.39 is 23.8 Å². The first-order chi connectivity index (χ1) is 8.81. The van der Waals surface area contributed by atoms with E-state index in [0.29, 0.717) is 11.3 Å². The Morgan fingerprint density at radius 1 is 1.37 bits per heavy atom. The van der Waals surface area contributed by atoms with E-state index in [9.17, 15) is 14.4 Å². The molecule has 0 fully saturated rings. The molecule has 1 aromatic carbocycles. The summed E-state index contributed by atoms with van der Waals surface area (Å²) in [4.78, 5) is 33.1. The Kier molecular flexibility index (Phi) is 4.60. The molecule has 0 aliphatic heterocycles. The van der Waals surface area contributed by atoms with Crippen molar-refractivity contribution in [1.82, 2.24) is 0 Å². The number of carboxylic acid groups (broad SMARTS) is 1. The molecule has 102 valence electrons. The molecule has 2 amide bonds. The fraction of sp³-hybridized carbons (Fsp3) is 0.250. The Morgan fingerprint density at radius 2 is 2.00 bits per heavy atom. The van der Waals surface area contributed by atoms with E-state index >= 15 is 0 Å². The molecule has 1 atom stereocenters. The predicted octanol–water partition coefficient (Wildman–Crippen LogP) is -0.166. The van der Waals surface area contributed by atoms with Crippen LogP contribution in [0.1, 0.15) is 22.3 Å². The first-order valence-electron chi connectivity index (χ1n) is 5.50. The van der Waals surface area contributed by atoms with E-state index in [-0.39, 0.29) is 12.0 Å². The first kappa shape index (κ1) is 14.7.